The molecule has 1 aromatic carbocycles. The smallest absolute Gasteiger partial charge is 0.127 e. The lowest BCUT2D eigenvalue weighted by molar-refractivity contribution is 0.631. The number of fused-ring (bicyclic) bond motifs is 1. The van der Waals surface area contributed by atoms with Crippen LogP contribution in [0.5, 0.6) is 0 Å². The monoisotopic (exact) mass is 259 g/mol. The van der Waals surface area contributed by atoms with Crippen LogP contribution in [0.1, 0.15) is 26.3 Å². The maximum Gasteiger partial charge on any atom is 0.127 e. The number of nitrogens with one attached hydrogen (secondary N) is 1. The molecule has 1 aromatic heterocycles. The number of nitrogens with two attached hydrogens (primary N) is 1. The van der Waals surface area contributed by atoms with Crippen molar-refractivity contribution in [2.45, 2.75) is 26.3 Å². The summed E-state index contributed by atoms with van der Waals surface area (Å²) >= 11 is 5.11. The summed E-state index contributed by atoms with van der Waals surface area (Å²) in [4.78, 5) is 4.97. The highest BCUT2D eigenvalue weighted by Gasteiger charge is 2.13. The molecule has 3 N–H and O–H groups in total. The zero-order valence-corrected chi connectivity index (χ0v) is 11.6. The molecule has 0 aliphatic rings. The fourth-order valence-corrected chi connectivity index (χ4v) is 2.00. The average Bonchev–Trinajstić information content (AvgIpc) is 2.25. The molecule has 0 saturated carbocycles. The standard InChI is InChI=1S/C14H17N3S/c1-14(2,3)17-12-8-10(13(15)18)9-6-4-5-7-11(9)16-12/h4-8H,1-3H3,(H2,15,18)(H,16,17). The van der Waals surface area contributed by atoms with Crippen molar-refractivity contribution in [2.75, 3.05) is 5.32 Å². The van der Waals surface area contributed by atoms with Crippen LogP contribution in [0.15, 0.2) is 30.3 Å². The van der Waals surface area contributed by atoms with Crippen LogP contribution in [0.3, 0.4) is 0 Å². The number of para-hydroxylation sites is 1. The van der Waals surface area contributed by atoms with E-state index in [2.05, 4.69) is 31.1 Å². The van der Waals surface area contributed by atoms with Gasteiger partial charge in [-0.1, -0.05) is 30.4 Å². The maximum absolute atomic E-state index is 5.79. The van der Waals surface area contributed by atoms with Crippen molar-refractivity contribution in [2.24, 2.45) is 5.73 Å². The minimum absolute atomic E-state index is 0.0526. The predicted octanol–water partition coefficient (Wildman–Crippen LogP) is 3.08. The summed E-state index contributed by atoms with van der Waals surface area (Å²) in [6, 6.07) is 9.78. The number of hydrogen-bond donors (Lipinski definition) is 2. The van der Waals surface area contributed by atoms with Crippen molar-refractivity contribution in [3.05, 3.63) is 35.9 Å². The van der Waals surface area contributed by atoms with Crippen LogP contribution in [0.2, 0.25) is 0 Å². The van der Waals surface area contributed by atoms with Crippen LogP contribution in [0.4, 0.5) is 5.82 Å². The van der Waals surface area contributed by atoms with E-state index >= 15 is 0 Å². The van der Waals surface area contributed by atoms with E-state index in [4.69, 9.17) is 18.0 Å². The normalized spacial score (nSPS) is 11.5. The Balaban J connectivity index is 2.61. The van der Waals surface area contributed by atoms with Gasteiger partial charge in [0, 0.05) is 16.5 Å². The second kappa shape index (κ2) is 4.53. The molecule has 0 unspecified atom stereocenters. The fraction of sp³-hybridized carbons (Fsp3) is 0.286. The van der Waals surface area contributed by atoms with Gasteiger partial charge in [0.25, 0.3) is 0 Å². The van der Waals surface area contributed by atoms with E-state index in [-0.39, 0.29) is 5.54 Å². The molecular weight excluding hydrogens is 242 g/mol. The lowest BCUT2D eigenvalue weighted by atomic mass is 10.1. The van der Waals surface area contributed by atoms with Crippen molar-refractivity contribution in [3.8, 4) is 0 Å². The third-order valence-corrected chi connectivity index (χ3v) is 2.70. The highest BCUT2D eigenvalue weighted by atomic mass is 32.1. The third kappa shape index (κ3) is 2.76. The SMILES string of the molecule is CC(C)(C)Nc1cc(C(N)=S)c2ccccc2n1. The number of aromatic nitrogens is 1. The molecule has 1 heterocycles. The molecule has 2 aromatic rings. The van der Waals surface area contributed by atoms with Crippen LogP contribution in [-0.2, 0) is 0 Å². The Bertz CT molecular complexity index is 600. The Morgan fingerprint density at radius 3 is 2.56 bits per heavy atom. The number of pyridine rings is 1. The highest BCUT2D eigenvalue weighted by molar-refractivity contribution is 7.80. The van der Waals surface area contributed by atoms with Gasteiger partial charge in [-0.3, -0.25) is 0 Å². The molecule has 0 saturated heterocycles. The van der Waals surface area contributed by atoms with Gasteiger partial charge in [0.2, 0.25) is 0 Å². The second-order valence-electron chi connectivity index (χ2n) is 5.31. The highest BCUT2D eigenvalue weighted by Crippen LogP contribution is 2.22. The van der Waals surface area contributed by atoms with E-state index < -0.39 is 0 Å². The van der Waals surface area contributed by atoms with E-state index in [1.165, 1.54) is 0 Å². The summed E-state index contributed by atoms with van der Waals surface area (Å²) in [7, 11) is 0. The molecule has 0 amide bonds. The molecule has 2 rings (SSSR count). The summed E-state index contributed by atoms with van der Waals surface area (Å²) in [6.07, 6.45) is 0. The molecular formula is C14H17N3S. The van der Waals surface area contributed by atoms with Gasteiger partial charge in [-0.25, -0.2) is 4.98 Å². The second-order valence-corrected chi connectivity index (χ2v) is 5.75. The average molecular weight is 259 g/mol. The van der Waals surface area contributed by atoms with E-state index in [1.807, 2.05) is 30.3 Å². The first-order valence-electron chi connectivity index (χ1n) is 5.84. The van der Waals surface area contributed by atoms with Gasteiger partial charge in [0.05, 0.1) is 5.52 Å². The van der Waals surface area contributed by atoms with Gasteiger partial charge < -0.3 is 11.1 Å². The summed E-state index contributed by atoms with van der Waals surface area (Å²) in [5, 5.41) is 4.33. The number of hydrogen-bond acceptors (Lipinski definition) is 3. The van der Waals surface area contributed by atoms with E-state index in [0.717, 1.165) is 22.3 Å². The molecule has 94 valence electrons. The lowest BCUT2D eigenvalue weighted by Gasteiger charge is -2.22. The van der Waals surface area contributed by atoms with Crippen molar-refractivity contribution in [1.82, 2.24) is 4.98 Å². The predicted molar refractivity (Wildman–Crippen MR) is 81.0 cm³/mol. The number of thiocarbonyl (C=S) groups is 1. The summed E-state index contributed by atoms with van der Waals surface area (Å²) in [5.74, 6) is 0.795. The van der Waals surface area contributed by atoms with Crippen molar-refractivity contribution >= 4 is 33.9 Å². The Morgan fingerprint density at radius 2 is 1.94 bits per heavy atom. The first-order chi connectivity index (χ1) is 8.37. The molecule has 3 nitrogen and oxygen atoms in total. The number of benzene rings is 1. The molecule has 0 bridgehead atoms. The summed E-state index contributed by atoms with van der Waals surface area (Å²) in [5.41, 5.74) is 7.50. The van der Waals surface area contributed by atoms with Crippen molar-refractivity contribution < 1.29 is 0 Å². The topological polar surface area (TPSA) is 50.9 Å². The molecule has 0 atom stereocenters. The van der Waals surface area contributed by atoms with Gasteiger partial charge in [-0.2, -0.15) is 0 Å². The molecule has 0 fully saturated rings. The summed E-state index contributed by atoms with van der Waals surface area (Å²) in [6.45, 7) is 6.26. The van der Waals surface area contributed by atoms with E-state index in [9.17, 15) is 0 Å². The van der Waals surface area contributed by atoms with Crippen LogP contribution < -0.4 is 11.1 Å². The van der Waals surface area contributed by atoms with Crippen LogP contribution in [0.25, 0.3) is 10.9 Å². The molecule has 4 heteroatoms. The van der Waals surface area contributed by atoms with Crippen LogP contribution in [-0.4, -0.2) is 15.5 Å². The van der Waals surface area contributed by atoms with Gasteiger partial charge >= 0.3 is 0 Å². The third-order valence-electron chi connectivity index (χ3n) is 2.48. The fourth-order valence-electron chi connectivity index (χ4n) is 1.83. The number of rotatable bonds is 2. The Labute approximate surface area is 112 Å². The van der Waals surface area contributed by atoms with Crippen molar-refractivity contribution in [3.63, 3.8) is 0 Å². The first-order valence-corrected chi connectivity index (χ1v) is 6.25. The largest absolute Gasteiger partial charge is 0.389 e. The quantitative estimate of drug-likeness (QED) is 0.814. The Kier molecular flexibility index (Phi) is 3.22. The molecule has 18 heavy (non-hydrogen) atoms. The molecule has 0 spiro atoms. The number of anilines is 1. The maximum atomic E-state index is 5.79. The molecule has 0 radical (unpaired) electrons. The van der Waals surface area contributed by atoms with E-state index in [0.29, 0.717) is 4.99 Å². The van der Waals surface area contributed by atoms with Crippen LogP contribution in [0, 0.1) is 0 Å². The Morgan fingerprint density at radius 1 is 1.28 bits per heavy atom. The van der Waals surface area contributed by atoms with Gasteiger partial charge in [0.1, 0.15) is 10.8 Å². The zero-order valence-electron chi connectivity index (χ0n) is 10.8. The first kappa shape index (κ1) is 12.8. The minimum Gasteiger partial charge on any atom is -0.389 e. The van der Waals surface area contributed by atoms with Crippen molar-refractivity contribution in [1.29, 1.82) is 0 Å². The molecule has 0 aliphatic heterocycles. The van der Waals surface area contributed by atoms with Gasteiger partial charge in [0.15, 0.2) is 0 Å². The zero-order chi connectivity index (χ0) is 13.3. The van der Waals surface area contributed by atoms with Gasteiger partial charge in [-0.05, 0) is 32.9 Å². The van der Waals surface area contributed by atoms with Gasteiger partial charge in [-0.15, -0.1) is 0 Å². The van der Waals surface area contributed by atoms with Crippen LogP contribution >= 0.6 is 12.2 Å². The summed E-state index contributed by atoms with van der Waals surface area (Å²) < 4.78 is 0. The Hall–Kier alpha value is -1.68. The molecule has 0 aliphatic carbocycles. The van der Waals surface area contributed by atoms with E-state index in [1.54, 1.807) is 0 Å². The minimum atomic E-state index is -0.0526. The number of nitrogens with zero attached hydrogens (tertiary/aromatic N) is 1. The lowest BCUT2D eigenvalue weighted by Crippen LogP contribution is -2.27.